The fourth-order valence-electron chi connectivity index (χ4n) is 4.75. The zero-order chi connectivity index (χ0) is 29.4. The highest BCUT2D eigenvalue weighted by molar-refractivity contribution is 5.92. The van der Waals surface area contributed by atoms with Crippen LogP contribution in [0.3, 0.4) is 0 Å². The maximum atomic E-state index is 12.8. The summed E-state index contributed by atoms with van der Waals surface area (Å²) >= 11 is 0. The number of fused-ring (bicyclic) bond motifs is 1. The van der Waals surface area contributed by atoms with Crippen LogP contribution in [0.15, 0.2) is 36.8 Å². The molecule has 1 aromatic carbocycles. The number of carboxylic acid groups (broad SMARTS) is 1. The number of nitrogens with zero attached hydrogens (tertiary/aromatic N) is 7. The number of imidazole rings is 1. The van der Waals surface area contributed by atoms with E-state index in [2.05, 4.69) is 35.9 Å². The van der Waals surface area contributed by atoms with Gasteiger partial charge in [0.25, 0.3) is 11.9 Å². The van der Waals surface area contributed by atoms with Crippen molar-refractivity contribution >= 4 is 28.9 Å². The second-order valence-corrected chi connectivity index (χ2v) is 9.86. The SMILES string of the molecule is O=C(O)c1ccc(CNC(=O)c2cn(-c3nc(N[C@@H]4CCOC4)c4ncn([C@@H]5O[C@H](CO)[C@@H](O)[C@H]5O)c4n3)nn2)cc1. The van der Waals surface area contributed by atoms with Crippen LogP contribution >= 0.6 is 0 Å². The summed E-state index contributed by atoms with van der Waals surface area (Å²) in [5.41, 5.74) is 1.41. The van der Waals surface area contributed by atoms with Gasteiger partial charge in [0.05, 0.1) is 37.3 Å². The molecule has 0 aliphatic carbocycles. The number of aliphatic hydroxyl groups excluding tert-OH is 3. The molecule has 0 radical (unpaired) electrons. The van der Waals surface area contributed by atoms with Crippen LogP contribution in [0.25, 0.3) is 17.1 Å². The summed E-state index contributed by atoms with van der Waals surface area (Å²) in [5.74, 6) is -1.18. The average Bonchev–Trinajstić information content (AvgIpc) is 3.80. The average molecular weight is 582 g/mol. The summed E-state index contributed by atoms with van der Waals surface area (Å²) in [4.78, 5) is 37.3. The van der Waals surface area contributed by atoms with Gasteiger partial charge in [0.15, 0.2) is 28.9 Å². The molecule has 42 heavy (non-hydrogen) atoms. The minimum atomic E-state index is -1.36. The normalized spacial score (nSPS) is 23.8. The lowest BCUT2D eigenvalue weighted by Crippen LogP contribution is -2.33. The van der Waals surface area contributed by atoms with Gasteiger partial charge in [-0.2, -0.15) is 14.6 Å². The molecule has 6 rings (SSSR count). The van der Waals surface area contributed by atoms with Crippen LogP contribution in [-0.4, -0.2) is 111 Å². The second-order valence-electron chi connectivity index (χ2n) is 9.86. The maximum absolute atomic E-state index is 12.8. The van der Waals surface area contributed by atoms with Crippen molar-refractivity contribution in [1.29, 1.82) is 0 Å². The third-order valence-corrected chi connectivity index (χ3v) is 7.06. The van der Waals surface area contributed by atoms with Crippen molar-refractivity contribution in [3.8, 4) is 5.95 Å². The lowest BCUT2D eigenvalue weighted by molar-refractivity contribution is -0.0511. The Labute approximate surface area is 236 Å². The highest BCUT2D eigenvalue weighted by Gasteiger charge is 2.44. The molecule has 3 aromatic heterocycles. The van der Waals surface area contributed by atoms with Crippen LogP contribution in [0, 0.1) is 0 Å². The zero-order valence-electron chi connectivity index (χ0n) is 21.9. The van der Waals surface area contributed by atoms with E-state index < -0.39 is 43.0 Å². The van der Waals surface area contributed by atoms with E-state index in [1.807, 2.05) is 0 Å². The van der Waals surface area contributed by atoms with Crippen molar-refractivity contribution in [2.24, 2.45) is 0 Å². The summed E-state index contributed by atoms with van der Waals surface area (Å²) in [6.07, 6.45) is -1.29. The Bertz CT molecular complexity index is 1600. The maximum Gasteiger partial charge on any atom is 0.335 e. The molecular formula is C25H27N9O8. The number of benzene rings is 1. The minimum absolute atomic E-state index is 0.0171. The first kappa shape index (κ1) is 27.6. The van der Waals surface area contributed by atoms with E-state index in [1.165, 1.54) is 33.9 Å². The molecule has 2 aliphatic rings. The van der Waals surface area contributed by atoms with Crippen LogP contribution < -0.4 is 10.6 Å². The number of nitrogens with one attached hydrogen (secondary N) is 2. The van der Waals surface area contributed by atoms with Crippen molar-refractivity contribution in [2.75, 3.05) is 25.1 Å². The fourth-order valence-corrected chi connectivity index (χ4v) is 4.75. The Morgan fingerprint density at radius 3 is 2.62 bits per heavy atom. The number of amides is 1. The summed E-state index contributed by atoms with van der Waals surface area (Å²) < 4.78 is 13.8. The summed E-state index contributed by atoms with van der Waals surface area (Å²) in [6, 6.07) is 6.05. The van der Waals surface area contributed by atoms with Crippen LogP contribution in [-0.2, 0) is 16.0 Å². The van der Waals surface area contributed by atoms with Crippen LogP contribution in [0.1, 0.15) is 39.1 Å². The molecule has 0 unspecified atom stereocenters. The van der Waals surface area contributed by atoms with E-state index in [4.69, 9.17) is 14.6 Å². The van der Waals surface area contributed by atoms with Crippen LogP contribution in [0.2, 0.25) is 0 Å². The van der Waals surface area contributed by atoms with E-state index in [1.54, 1.807) is 12.1 Å². The predicted molar refractivity (Wildman–Crippen MR) is 141 cm³/mol. The van der Waals surface area contributed by atoms with Gasteiger partial charge in [-0.25, -0.2) is 9.78 Å². The van der Waals surface area contributed by atoms with Gasteiger partial charge in [0, 0.05) is 13.2 Å². The van der Waals surface area contributed by atoms with E-state index in [-0.39, 0.29) is 35.4 Å². The molecule has 17 heteroatoms. The zero-order valence-corrected chi connectivity index (χ0v) is 21.9. The molecule has 0 bridgehead atoms. The van der Waals surface area contributed by atoms with Crippen LogP contribution in [0.5, 0.6) is 0 Å². The van der Waals surface area contributed by atoms with E-state index in [9.17, 15) is 24.9 Å². The molecule has 220 valence electrons. The molecule has 2 fully saturated rings. The van der Waals surface area contributed by atoms with E-state index in [0.717, 1.165) is 6.42 Å². The Morgan fingerprint density at radius 1 is 1.12 bits per heavy atom. The van der Waals surface area contributed by atoms with E-state index >= 15 is 0 Å². The summed E-state index contributed by atoms with van der Waals surface area (Å²) in [6.45, 7) is 0.687. The number of carbonyl (C=O) groups excluding carboxylic acids is 1. The van der Waals surface area contributed by atoms with Gasteiger partial charge in [-0.15, -0.1) is 5.10 Å². The standard InChI is InChI=1S/C25H27N9O8/c35-9-16-18(36)19(37)23(42-16)33-11-27-17-20(28-14-5-6-41-10-14)29-25(30-21(17)33)34-8-15(31-32-34)22(38)26-7-12-1-3-13(4-2-12)24(39)40/h1-4,8,11,14,16,18-19,23,35-37H,5-7,9-10H2,(H,26,38)(H,39,40)(H,28,29,30)/t14-,16-,18-,19-,23-/m1/s1. The summed E-state index contributed by atoms with van der Waals surface area (Å²) in [5, 5.41) is 53.4. The number of rotatable bonds is 9. The highest BCUT2D eigenvalue weighted by atomic mass is 16.6. The molecular weight excluding hydrogens is 554 g/mol. The predicted octanol–water partition coefficient (Wildman–Crippen LogP) is -1.15. The lowest BCUT2D eigenvalue weighted by atomic mass is 10.1. The Balaban J connectivity index is 1.28. The molecule has 0 spiro atoms. The second kappa shape index (κ2) is 11.4. The Kier molecular flexibility index (Phi) is 7.48. The lowest BCUT2D eigenvalue weighted by Gasteiger charge is -2.17. The molecule has 2 saturated heterocycles. The van der Waals surface area contributed by atoms with Crippen molar-refractivity contribution in [3.05, 3.63) is 53.6 Å². The smallest absolute Gasteiger partial charge is 0.335 e. The molecule has 6 N–H and O–H groups in total. The topological polar surface area (TPSA) is 232 Å². The third-order valence-electron chi connectivity index (χ3n) is 7.06. The van der Waals surface area contributed by atoms with Gasteiger partial charge >= 0.3 is 5.97 Å². The van der Waals surface area contributed by atoms with Crippen molar-refractivity contribution in [2.45, 2.75) is 43.5 Å². The minimum Gasteiger partial charge on any atom is -0.478 e. The van der Waals surface area contributed by atoms with E-state index in [0.29, 0.717) is 30.1 Å². The number of carbonyl (C=O) groups is 2. The van der Waals surface area contributed by atoms with Gasteiger partial charge in [-0.1, -0.05) is 17.3 Å². The van der Waals surface area contributed by atoms with Gasteiger partial charge in [0.2, 0.25) is 0 Å². The molecule has 1 amide bonds. The van der Waals surface area contributed by atoms with Gasteiger partial charge in [0.1, 0.15) is 18.3 Å². The van der Waals surface area contributed by atoms with Crippen molar-refractivity contribution in [1.82, 2.24) is 39.8 Å². The number of aromatic nitrogens is 7. The molecule has 17 nitrogen and oxygen atoms in total. The van der Waals surface area contributed by atoms with Gasteiger partial charge in [-0.05, 0) is 24.1 Å². The third kappa shape index (κ3) is 5.26. The molecule has 5 heterocycles. The fraction of sp³-hybridized carbons (Fsp3) is 0.400. The first-order valence-corrected chi connectivity index (χ1v) is 13.1. The van der Waals surface area contributed by atoms with Crippen LogP contribution in [0.4, 0.5) is 5.82 Å². The first-order chi connectivity index (χ1) is 20.3. The number of carboxylic acids is 1. The van der Waals surface area contributed by atoms with Crippen molar-refractivity contribution < 1.29 is 39.5 Å². The molecule has 5 atom stereocenters. The Hall–Kier alpha value is -4.55. The number of anilines is 1. The molecule has 2 aliphatic heterocycles. The quantitative estimate of drug-likeness (QED) is 0.137. The number of ether oxygens (including phenoxy) is 2. The number of aliphatic hydroxyl groups is 3. The molecule has 4 aromatic rings. The highest BCUT2D eigenvalue weighted by Crippen LogP contribution is 2.33. The Morgan fingerprint density at radius 2 is 1.93 bits per heavy atom. The van der Waals surface area contributed by atoms with Gasteiger partial charge in [-0.3, -0.25) is 9.36 Å². The monoisotopic (exact) mass is 581 g/mol. The number of aromatic carboxylic acids is 1. The summed E-state index contributed by atoms with van der Waals surface area (Å²) in [7, 11) is 0. The van der Waals surface area contributed by atoms with Crippen molar-refractivity contribution in [3.63, 3.8) is 0 Å². The molecule has 0 saturated carbocycles. The number of hydrogen-bond acceptors (Lipinski definition) is 13. The first-order valence-electron chi connectivity index (χ1n) is 13.1. The van der Waals surface area contributed by atoms with Gasteiger partial charge < -0.3 is 40.5 Å². The number of hydrogen-bond donors (Lipinski definition) is 6. The largest absolute Gasteiger partial charge is 0.478 e.